The van der Waals surface area contributed by atoms with Crippen LogP contribution in [0.4, 0.5) is 0 Å². The topological polar surface area (TPSA) is 185 Å². The third-order valence-corrected chi connectivity index (χ3v) is 9.97. The average Bonchev–Trinajstić information content (AvgIpc) is 3.62. The summed E-state index contributed by atoms with van der Waals surface area (Å²) in [5, 5.41) is 9.53. The Morgan fingerprint density at radius 1 is 0.679 bits per heavy atom. The second-order valence-electron chi connectivity index (χ2n) is 12.1. The van der Waals surface area contributed by atoms with Gasteiger partial charge in [0.1, 0.15) is 44.2 Å². The Hall–Kier alpha value is -5.02. The highest BCUT2D eigenvalue weighted by atomic mass is 35.5. The molecule has 2 spiro atoms. The number of carbonyl (C=O) groups is 4. The number of nitro groups is 1. The molecule has 0 bridgehead atoms. The predicted molar refractivity (Wildman–Crippen MR) is 190 cm³/mol. The van der Waals surface area contributed by atoms with Crippen molar-refractivity contribution in [3.05, 3.63) is 67.1 Å². The van der Waals surface area contributed by atoms with E-state index in [0.717, 1.165) is 0 Å². The zero-order valence-corrected chi connectivity index (χ0v) is 32.0. The average molecular weight is 781 g/mol. The molecule has 0 radical (unpaired) electrons. The molecule has 53 heavy (non-hydrogen) atoms. The molecule has 0 N–H and O–H groups in total. The number of carbonyl (C=O) groups excluding carboxylic acids is 4. The molecule has 2 aromatic carbocycles. The molecule has 2 aromatic rings. The lowest BCUT2D eigenvalue weighted by Gasteiger charge is -2.36. The van der Waals surface area contributed by atoms with E-state index < -0.39 is 23.0 Å². The molecule has 0 saturated heterocycles. The normalized spacial score (nSPS) is 23.5. The van der Waals surface area contributed by atoms with Crippen LogP contribution in [0.2, 0.25) is 10.0 Å². The Morgan fingerprint density at radius 2 is 1.00 bits per heavy atom. The quantitative estimate of drug-likeness (QED) is 0.239. The highest BCUT2D eigenvalue weighted by Crippen LogP contribution is 2.56. The molecule has 2 heterocycles. The van der Waals surface area contributed by atoms with Crippen LogP contribution in [0.25, 0.3) is 0 Å². The van der Waals surface area contributed by atoms with E-state index in [-0.39, 0.29) is 91.6 Å². The Bertz CT molecular complexity index is 1790. The van der Waals surface area contributed by atoms with E-state index in [0.29, 0.717) is 23.0 Å². The maximum atomic E-state index is 13.3. The molecule has 6 rings (SSSR count). The fourth-order valence-electron chi connectivity index (χ4n) is 6.60. The summed E-state index contributed by atoms with van der Waals surface area (Å²) in [5.74, 6) is 0.214. The first kappa shape index (κ1) is 40.7. The zero-order valence-electron chi connectivity index (χ0n) is 30.5. The first-order valence-electron chi connectivity index (χ1n) is 16.1. The van der Waals surface area contributed by atoms with Crippen molar-refractivity contribution in [2.75, 3.05) is 49.2 Å². The fourth-order valence-corrected chi connectivity index (χ4v) is 7.13. The van der Waals surface area contributed by atoms with Gasteiger partial charge in [-0.3, -0.25) is 29.3 Å². The van der Waals surface area contributed by atoms with Gasteiger partial charge in [0.05, 0.1) is 42.7 Å². The molecule has 0 aromatic heterocycles. The van der Waals surface area contributed by atoms with E-state index >= 15 is 0 Å². The minimum absolute atomic E-state index is 0.0278. The van der Waals surface area contributed by atoms with Crippen LogP contribution in [0.3, 0.4) is 0 Å². The smallest absolute Gasteiger partial charge is 0.231 e. The number of fused-ring (bicyclic) bond motifs is 2. The maximum absolute atomic E-state index is 13.3. The van der Waals surface area contributed by atoms with Gasteiger partial charge in [-0.1, -0.05) is 37.0 Å². The fraction of sp³-hybridized carbons (Fsp3) is 0.444. The molecule has 286 valence electrons. The lowest BCUT2D eigenvalue weighted by molar-refractivity contribution is -0.475. The van der Waals surface area contributed by atoms with Crippen LogP contribution in [-0.4, -0.2) is 88.5 Å². The lowest BCUT2D eigenvalue weighted by atomic mass is 9.75. The molecule has 4 atom stereocenters. The SMILES string of the molecule is CC[N+](=O)[O-].COC1=CC(=O)C[C@@H](C)[C@]12Oc1c(Cl)c(OC)cc(OC)c1C2=O.COC1=CC(=O)C[C@@H](C)[C@]12Oc1c(Cl)c(OC)cc(OC)c1C2=O. The highest BCUT2D eigenvalue weighted by molar-refractivity contribution is 6.35. The number of rotatable bonds is 7. The van der Waals surface area contributed by atoms with Gasteiger partial charge in [-0.15, -0.1) is 0 Å². The zero-order chi connectivity index (χ0) is 39.6. The summed E-state index contributed by atoms with van der Waals surface area (Å²) in [5.41, 5.74) is -2.39. The van der Waals surface area contributed by atoms with E-state index in [2.05, 4.69) is 0 Å². The van der Waals surface area contributed by atoms with Gasteiger partial charge in [-0.2, -0.15) is 0 Å². The number of ether oxygens (including phenoxy) is 8. The molecule has 15 nitrogen and oxygen atoms in total. The second kappa shape index (κ2) is 15.9. The van der Waals surface area contributed by atoms with Crippen LogP contribution < -0.4 is 28.4 Å². The molecule has 0 unspecified atom stereocenters. The molecular formula is C36H39Cl2NO14. The van der Waals surface area contributed by atoms with E-state index in [4.69, 9.17) is 61.1 Å². The minimum atomic E-state index is -1.42. The van der Waals surface area contributed by atoms with Crippen molar-refractivity contribution in [3.8, 4) is 34.5 Å². The van der Waals surface area contributed by atoms with Crippen LogP contribution in [0.1, 0.15) is 54.3 Å². The van der Waals surface area contributed by atoms with Crippen molar-refractivity contribution in [2.24, 2.45) is 11.8 Å². The molecule has 0 fully saturated rings. The van der Waals surface area contributed by atoms with Crippen molar-refractivity contribution >= 4 is 46.3 Å². The van der Waals surface area contributed by atoms with Crippen LogP contribution in [0.5, 0.6) is 34.5 Å². The van der Waals surface area contributed by atoms with Crippen LogP contribution >= 0.6 is 23.2 Å². The van der Waals surface area contributed by atoms with Crippen molar-refractivity contribution in [1.82, 2.24) is 0 Å². The number of benzene rings is 2. The Kier molecular flexibility index (Phi) is 12.2. The van der Waals surface area contributed by atoms with Crippen LogP contribution in [-0.2, 0) is 19.1 Å². The number of allylic oxidation sites excluding steroid dienone is 2. The van der Waals surface area contributed by atoms with Crippen molar-refractivity contribution in [3.63, 3.8) is 0 Å². The lowest BCUT2D eigenvalue weighted by Crippen LogP contribution is -2.51. The number of nitrogens with zero attached hydrogens (tertiary/aromatic N) is 1. The van der Waals surface area contributed by atoms with Crippen LogP contribution in [0.15, 0.2) is 35.8 Å². The minimum Gasteiger partial charge on any atom is -0.496 e. The largest absolute Gasteiger partial charge is 0.496 e. The van der Waals surface area contributed by atoms with Gasteiger partial charge < -0.3 is 37.9 Å². The third kappa shape index (κ3) is 6.71. The highest BCUT2D eigenvalue weighted by Gasteiger charge is 2.61. The van der Waals surface area contributed by atoms with E-state index in [9.17, 15) is 29.3 Å². The number of ketones is 4. The first-order chi connectivity index (χ1) is 25.1. The number of hydrogen-bond acceptors (Lipinski definition) is 14. The van der Waals surface area contributed by atoms with E-state index in [1.54, 1.807) is 13.8 Å². The van der Waals surface area contributed by atoms with Gasteiger partial charge in [0, 0.05) is 60.8 Å². The van der Waals surface area contributed by atoms with Gasteiger partial charge in [0.2, 0.25) is 29.3 Å². The summed E-state index contributed by atoms with van der Waals surface area (Å²) in [6.07, 6.45) is 2.95. The van der Waals surface area contributed by atoms with Gasteiger partial charge in [0.25, 0.3) is 0 Å². The standard InChI is InChI=1S/2C17H17ClO6.C2H5NO2/c2*1-8-5-9(19)6-12(23-4)17(8)16(20)13-10(21-2)7-11(22-3)14(18)15(13)24-17;1-2-3(4)5/h2*6-8H,5H2,1-4H3;2H2,1H3/t2*8-,17+;/m11./s1. The summed E-state index contributed by atoms with van der Waals surface area (Å²) in [6.45, 7) is 5.07. The molecule has 17 heteroatoms. The van der Waals surface area contributed by atoms with Gasteiger partial charge in [-0.05, 0) is 0 Å². The molecule has 0 amide bonds. The van der Waals surface area contributed by atoms with Gasteiger partial charge >= 0.3 is 0 Å². The van der Waals surface area contributed by atoms with E-state index in [1.807, 2.05) is 0 Å². The number of methoxy groups -OCH3 is 6. The summed E-state index contributed by atoms with van der Waals surface area (Å²) < 4.78 is 43.8. The summed E-state index contributed by atoms with van der Waals surface area (Å²) >= 11 is 12.7. The van der Waals surface area contributed by atoms with Gasteiger partial charge in [-0.25, -0.2) is 0 Å². The maximum Gasteiger partial charge on any atom is 0.231 e. The van der Waals surface area contributed by atoms with Crippen molar-refractivity contribution in [1.29, 1.82) is 0 Å². The molecule has 2 aliphatic carbocycles. The number of hydrogen-bond donors (Lipinski definition) is 0. The second-order valence-corrected chi connectivity index (χ2v) is 12.9. The van der Waals surface area contributed by atoms with Gasteiger partial charge in [0.15, 0.2) is 34.6 Å². The first-order valence-corrected chi connectivity index (χ1v) is 16.9. The van der Waals surface area contributed by atoms with E-state index in [1.165, 1.54) is 73.9 Å². The predicted octanol–water partition coefficient (Wildman–Crippen LogP) is 5.90. The summed E-state index contributed by atoms with van der Waals surface area (Å²) in [4.78, 5) is 59.0. The number of halogens is 2. The van der Waals surface area contributed by atoms with Crippen molar-refractivity contribution in [2.45, 2.75) is 44.8 Å². The Morgan fingerprint density at radius 3 is 1.26 bits per heavy atom. The molecule has 0 saturated carbocycles. The number of Topliss-reactive ketones (excluding diaryl/α,β-unsaturated/α-hetero) is 2. The Balaban J connectivity index is 0.000000210. The Labute approximate surface area is 315 Å². The van der Waals surface area contributed by atoms with Crippen molar-refractivity contribution < 1.29 is 62.0 Å². The molecule has 2 aliphatic heterocycles. The monoisotopic (exact) mass is 779 g/mol. The third-order valence-electron chi connectivity index (χ3n) is 9.25. The summed E-state index contributed by atoms with van der Waals surface area (Å²) in [6, 6.07) is 3.08. The summed E-state index contributed by atoms with van der Waals surface area (Å²) in [7, 11) is 8.62. The van der Waals surface area contributed by atoms with Crippen LogP contribution in [0, 0.1) is 22.0 Å². The molecular weight excluding hydrogens is 741 g/mol. The molecule has 4 aliphatic rings.